The van der Waals surface area contributed by atoms with E-state index in [9.17, 15) is 0 Å². The first-order valence-corrected chi connectivity index (χ1v) is 9.55. The molecule has 0 amide bonds. The van der Waals surface area contributed by atoms with Gasteiger partial charge in [0.1, 0.15) is 0 Å². The van der Waals surface area contributed by atoms with Crippen molar-refractivity contribution in [3.63, 3.8) is 0 Å². The molecule has 2 rings (SSSR count). The molecular weight excluding hydrogens is 280 g/mol. The van der Waals surface area contributed by atoms with Crippen LogP contribution in [0.15, 0.2) is 18.2 Å². The molecule has 2 nitrogen and oxygen atoms in total. The van der Waals surface area contributed by atoms with E-state index in [0.717, 1.165) is 5.92 Å². The van der Waals surface area contributed by atoms with Crippen LogP contribution in [0.2, 0.25) is 0 Å². The lowest BCUT2D eigenvalue weighted by atomic mass is 9.97. The van der Waals surface area contributed by atoms with E-state index in [1.807, 2.05) is 13.8 Å². The molecule has 1 aromatic rings. The van der Waals surface area contributed by atoms with Crippen molar-refractivity contribution in [3.05, 3.63) is 29.3 Å². The Kier molecular flexibility index (Phi) is 8.68. The predicted molar refractivity (Wildman–Crippen MR) is 105 cm³/mol. The molecule has 0 saturated carbocycles. The molecule has 0 N–H and O–H groups in total. The number of anilines is 1. The quantitative estimate of drug-likeness (QED) is 0.725. The van der Waals surface area contributed by atoms with Crippen LogP contribution in [-0.2, 0) is 0 Å². The van der Waals surface area contributed by atoms with E-state index in [2.05, 4.69) is 62.6 Å². The van der Waals surface area contributed by atoms with Gasteiger partial charge in [0.2, 0.25) is 0 Å². The van der Waals surface area contributed by atoms with Gasteiger partial charge in [0, 0.05) is 31.9 Å². The van der Waals surface area contributed by atoms with E-state index >= 15 is 0 Å². The summed E-state index contributed by atoms with van der Waals surface area (Å²) in [7, 11) is 0. The van der Waals surface area contributed by atoms with Crippen LogP contribution in [-0.4, -0.2) is 37.6 Å². The van der Waals surface area contributed by atoms with Crippen LogP contribution in [0.25, 0.3) is 0 Å². The minimum Gasteiger partial charge on any atom is -0.369 e. The summed E-state index contributed by atoms with van der Waals surface area (Å²) in [5.41, 5.74) is 4.32. The number of hydrogen-bond donors (Lipinski definition) is 0. The molecule has 1 fully saturated rings. The Labute approximate surface area is 144 Å². The van der Waals surface area contributed by atoms with Crippen molar-refractivity contribution in [3.8, 4) is 0 Å². The smallest absolute Gasteiger partial charge is 0.0369 e. The standard InChI is InChI=1S/C19H32N2.C2H6/c1-15(2)8-9-20-10-12-21(13-11-20)18-6-7-19(16(3)4)17(5)14-18;1-2/h6-7,14-16H,8-13H2,1-5H3;1-2H3. The molecule has 23 heavy (non-hydrogen) atoms. The highest BCUT2D eigenvalue weighted by atomic mass is 15.3. The third-order valence-corrected chi connectivity index (χ3v) is 4.64. The van der Waals surface area contributed by atoms with Gasteiger partial charge in [0.25, 0.3) is 0 Å². The zero-order chi connectivity index (χ0) is 17.4. The summed E-state index contributed by atoms with van der Waals surface area (Å²) in [5.74, 6) is 1.43. The van der Waals surface area contributed by atoms with Gasteiger partial charge in [-0.1, -0.05) is 47.6 Å². The molecule has 0 spiro atoms. The van der Waals surface area contributed by atoms with Gasteiger partial charge in [0.05, 0.1) is 0 Å². The number of rotatable bonds is 5. The maximum Gasteiger partial charge on any atom is 0.0369 e. The highest BCUT2D eigenvalue weighted by molar-refractivity contribution is 5.51. The van der Waals surface area contributed by atoms with Gasteiger partial charge in [-0.2, -0.15) is 0 Å². The Balaban J connectivity index is 0.00000127. The Hall–Kier alpha value is -1.02. The molecule has 0 aromatic heterocycles. The summed E-state index contributed by atoms with van der Waals surface area (Å²) >= 11 is 0. The fourth-order valence-corrected chi connectivity index (χ4v) is 3.17. The minimum atomic E-state index is 0.618. The van der Waals surface area contributed by atoms with Crippen LogP contribution < -0.4 is 4.90 Å². The van der Waals surface area contributed by atoms with E-state index in [1.165, 1.54) is 56.0 Å². The zero-order valence-corrected chi connectivity index (χ0v) is 16.5. The van der Waals surface area contributed by atoms with E-state index in [-0.39, 0.29) is 0 Å². The van der Waals surface area contributed by atoms with Gasteiger partial charge >= 0.3 is 0 Å². The monoisotopic (exact) mass is 318 g/mol. The molecule has 0 radical (unpaired) electrons. The van der Waals surface area contributed by atoms with Crippen molar-refractivity contribution in [2.45, 2.75) is 60.8 Å². The molecule has 1 heterocycles. The first kappa shape index (κ1) is 20.0. The average molecular weight is 319 g/mol. The SMILES string of the molecule is CC.Cc1cc(N2CCN(CCC(C)C)CC2)ccc1C(C)C. The van der Waals surface area contributed by atoms with Crippen molar-refractivity contribution in [1.82, 2.24) is 4.90 Å². The van der Waals surface area contributed by atoms with Crippen molar-refractivity contribution >= 4 is 5.69 Å². The summed E-state index contributed by atoms with van der Waals surface area (Å²) in [6, 6.07) is 7.01. The number of aryl methyl sites for hydroxylation is 1. The second kappa shape index (κ2) is 9.97. The summed E-state index contributed by atoms with van der Waals surface area (Å²) in [4.78, 5) is 5.16. The second-order valence-electron chi connectivity index (χ2n) is 7.21. The molecule has 1 aliphatic heterocycles. The molecule has 132 valence electrons. The molecule has 1 aromatic carbocycles. The Morgan fingerprint density at radius 3 is 2.04 bits per heavy atom. The Morgan fingerprint density at radius 2 is 1.57 bits per heavy atom. The van der Waals surface area contributed by atoms with Crippen LogP contribution in [0.3, 0.4) is 0 Å². The van der Waals surface area contributed by atoms with Crippen molar-refractivity contribution < 1.29 is 0 Å². The van der Waals surface area contributed by atoms with Gasteiger partial charge in [-0.05, 0) is 55.0 Å². The lowest BCUT2D eigenvalue weighted by Gasteiger charge is -2.36. The fourth-order valence-electron chi connectivity index (χ4n) is 3.17. The number of piperazine rings is 1. The molecular formula is C21H38N2. The summed E-state index contributed by atoms with van der Waals surface area (Å²) < 4.78 is 0. The first-order chi connectivity index (χ1) is 11.0. The molecule has 1 saturated heterocycles. The Morgan fingerprint density at radius 1 is 0.957 bits per heavy atom. The van der Waals surface area contributed by atoms with Gasteiger partial charge in [-0.3, -0.25) is 4.90 Å². The lowest BCUT2D eigenvalue weighted by Crippen LogP contribution is -2.46. The largest absolute Gasteiger partial charge is 0.369 e. The highest BCUT2D eigenvalue weighted by Crippen LogP contribution is 2.25. The van der Waals surface area contributed by atoms with Crippen LogP contribution in [0.1, 0.15) is 65.0 Å². The summed E-state index contributed by atoms with van der Waals surface area (Å²) in [6.07, 6.45) is 1.32. The van der Waals surface area contributed by atoms with Gasteiger partial charge in [-0.25, -0.2) is 0 Å². The van der Waals surface area contributed by atoms with Crippen LogP contribution >= 0.6 is 0 Å². The number of hydrogen-bond acceptors (Lipinski definition) is 2. The Bertz CT molecular complexity index is 443. The number of benzene rings is 1. The third-order valence-electron chi connectivity index (χ3n) is 4.64. The van der Waals surface area contributed by atoms with Crippen molar-refractivity contribution in [2.75, 3.05) is 37.6 Å². The van der Waals surface area contributed by atoms with Crippen LogP contribution in [0.5, 0.6) is 0 Å². The van der Waals surface area contributed by atoms with Gasteiger partial charge < -0.3 is 4.90 Å². The maximum absolute atomic E-state index is 2.62. The average Bonchev–Trinajstić information content (AvgIpc) is 2.55. The number of nitrogens with zero attached hydrogens (tertiary/aromatic N) is 2. The van der Waals surface area contributed by atoms with E-state index in [0.29, 0.717) is 5.92 Å². The topological polar surface area (TPSA) is 6.48 Å². The molecule has 0 aliphatic carbocycles. The van der Waals surface area contributed by atoms with Crippen molar-refractivity contribution in [1.29, 1.82) is 0 Å². The van der Waals surface area contributed by atoms with Gasteiger partial charge in [-0.15, -0.1) is 0 Å². The minimum absolute atomic E-state index is 0.618. The third kappa shape index (κ3) is 6.18. The zero-order valence-electron chi connectivity index (χ0n) is 16.5. The maximum atomic E-state index is 2.62. The normalized spacial score (nSPS) is 15.8. The summed E-state index contributed by atoms with van der Waals surface area (Å²) in [5, 5.41) is 0. The van der Waals surface area contributed by atoms with E-state index in [4.69, 9.17) is 0 Å². The fraction of sp³-hybridized carbons (Fsp3) is 0.714. The predicted octanol–water partition coefficient (Wildman–Crippen LogP) is 5.31. The highest BCUT2D eigenvalue weighted by Gasteiger charge is 2.17. The summed E-state index contributed by atoms with van der Waals surface area (Å²) in [6.45, 7) is 21.4. The van der Waals surface area contributed by atoms with Crippen LogP contribution in [0.4, 0.5) is 5.69 Å². The molecule has 0 unspecified atom stereocenters. The van der Waals surface area contributed by atoms with Crippen molar-refractivity contribution in [2.24, 2.45) is 5.92 Å². The molecule has 0 atom stereocenters. The van der Waals surface area contributed by atoms with Crippen LogP contribution in [0, 0.1) is 12.8 Å². The lowest BCUT2D eigenvalue weighted by molar-refractivity contribution is 0.243. The molecule has 0 bridgehead atoms. The molecule has 1 aliphatic rings. The second-order valence-corrected chi connectivity index (χ2v) is 7.21. The van der Waals surface area contributed by atoms with E-state index < -0.39 is 0 Å². The first-order valence-electron chi connectivity index (χ1n) is 9.55. The van der Waals surface area contributed by atoms with Gasteiger partial charge in [0.15, 0.2) is 0 Å². The molecule has 2 heteroatoms. The van der Waals surface area contributed by atoms with E-state index in [1.54, 1.807) is 0 Å².